The third-order valence-corrected chi connectivity index (χ3v) is 3.58. The van der Waals surface area contributed by atoms with Crippen molar-refractivity contribution in [3.05, 3.63) is 32.5 Å². The van der Waals surface area contributed by atoms with Crippen LogP contribution in [0.5, 0.6) is 0 Å². The molecule has 0 radical (unpaired) electrons. The smallest absolute Gasteiger partial charge is 0.143 e. The zero-order valence-corrected chi connectivity index (χ0v) is 9.32. The molecule has 0 fully saturated rings. The molecule has 0 atom stereocenters. The predicted octanol–water partition coefficient (Wildman–Crippen LogP) is 3.52. The molecule has 0 spiro atoms. The Balaban J connectivity index is 2.99. The van der Waals surface area contributed by atoms with Crippen LogP contribution in [0.15, 0.2) is 17.5 Å². The lowest BCUT2D eigenvalue weighted by Gasteiger charge is -1.97. The zero-order valence-electron chi connectivity index (χ0n) is 6.34. The van der Waals surface area contributed by atoms with Gasteiger partial charge in [-0.1, -0.05) is 0 Å². The normalized spacial score (nSPS) is 10.2. The average Bonchev–Trinajstić information content (AvgIpc) is 2.53. The Morgan fingerprint density at radius 1 is 1.54 bits per heavy atom. The third-order valence-electron chi connectivity index (χ3n) is 1.75. The Kier molecular flexibility index (Phi) is 2.22. The van der Waals surface area contributed by atoms with E-state index < -0.39 is 5.82 Å². The zero-order chi connectivity index (χ0) is 9.42. The van der Waals surface area contributed by atoms with E-state index >= 15 is 0 Å². The first-order valence-electron chi connectivity index (χ1n) is 3.49. The van der Waals surface area contributed by atoms with Crippen molar-refractivity contribution in [2.75, 3.05) is 0 Å². The molecule has 1 aromatic carbocycles. The standard InChI is InChI=1S/C9H3FINS/c10-7-3-8(11)5-1-2-13-9(5)6(7)4-12/h1-3H. The summed E-state index contributed by atoms with van der Waals surface area (Å²) in [5.41, 5.74) is 0.158. The Morgan fingerprint density at radius 3 is 3.00 bits per heavy atom. The van der Waals surface area contributed by atoms with Crippen LogP contribution in [0.1, 0.15) is 5.56 Å². The molecule has 0 bridgehead atoms. The molecule has 0 unspecified atom stereocenters. The first-order valence-corrected chi connectivity index (χ1v) is 5.45. The van der Waals surface area contributed by atoms with Crippen molar-refractivity contribution in [2.24, 2.45) is 0 Å². The molecular weight excluding hydrogens is 300 g/mol. The van der Waals surface area contributed by atoms with Crippen molar-refractivity contribution in [3.8, 4) is 6.07 Å². The van der Waals surface area contributed by atoms with Gasteiger partial charge in [-0.15, -0.1) is 11.3 Å². The number of rotatable bonds is 0. The monoisotopic (exact) mass is 303 g/mol. The number of fused-ring (bicyclic) bond motifs is 1. The highest BCUT2D eigenvalue weighted by Crippen LogP contribution is 2.30. The summed E-state index contributed by atoms with van der Waals surface area (Å²) in [6.07, 6.45) is 0. The molecule has 0 aliphatic rings. The molecule has 0 aliphatic heterocycles. The summed E-state index contributed by atoms with van der Waals surface area (Å²) in [6.45, 7) is 0. The predicted molar refractivity (Wildman–Crippen MR) is 59.2 cm³/mol. The summed E-state index contributed by atoms with van der Waals surface area (Å²) in [6, 6.07) is 5.19. The summed E-state index contributed by atoms with van der Waals surface area (Å²) in [7, 11) is 0. The lowest BCUT2D eigenvalue weighted by Crippen LogP contribution is -1.85. The molecule has 1 heterocycles. The molecule has 0 amide bonds. The largest absolute Gasteiger partial charge is 0.205 e. The highest BCUT2D eigenvalue weighted by atomic mass is 127. The lowest BCUT2D eigenvalue weighted by atomic mass is 10.2. The van der Waals surface area contributed by atoms with Gasteiger partial charge in [0.15, 0.2) is 0 Å². The Hall–Kier alpha value is -0.670. The van der Waals surface area contributed by atoms with Crippen molar-refractivity contribution < 1.29 is 4.39 Å². The van der Waals surface area contributed by atoms with Gasteiger partial charge in [0.1, 0.15) is 17.4 Å². The minimum absolute atomic E-state index is 0.158. The van der Waals surface area contributed by atoms with Gasteiger partial charge in [-0.25, -0.2) is 4.39 Å². The molecule has 13 heavy (non-hydrogen) atoms. The van der Waals surface area contributed by atoms with Gasteiger partial charge < -0.3 is 0 Å². The highest BCUT2D eigenvalue weighted by molar-refractivity contribution is 14.1. The molecule has 1 aromatic heterocycles. The van der Waals surface area contributed by atoms with E-state index in [1.807, 2.05) is 17.5 Å². The highest BCUT2D eigenvalue weighted by Gasteiger charge is 2.11. The number of hydrogen-bond acceptors (Lipinski definition) is 2. The van der Waals surface area contributed by atoms with Crippen molar-refractivity contribution >= 4 is 44.0 Å². The summed E-state index contributed by atoms with van der Waals surface area (Å²) >= 11 is 3.47. The van der Waals surface area contributed by atoms with Crippen LogP contribution in [0, 0.1) is 20.7 Å². The van der Waals surface area contributed by atoms with Gasteiger partial charge in [0.25, 0.3) is 0 Å². The summed E-state index contributed by atoms with van der Waals surface area (Å²) in [5, 5.41) is 11.6. The minimum atomic E-state index is -0.429. The fourth-order valence-corrected chi connectivity index (χ4v) is 2.98. The van der Waals surface area contributed by atoms with Gasteiger partial charge in [0, 0.05) is 8.96 Å². The fraction of sp³-hybridized carbons (Fsp3) is 0. The molecule has 0 saturated carbocycles. The Bertz CT molecular complexity index is 512. The summed E-state index contributed by atoms with van der Waals surface area (Å²) in [4.78, 5) is 0. The minimum Gasteiger partial charge on any atom is -0.205 e. The third kappa shape index (κ3) is 1.32. The maximum absolute atomic E-state index is 13.2. The summed E-state index contributed by atoms with van der Waals surface area (Å²) in [5.74, 6) is -0.429. The van der Waals surface area contributed by atoms with Crippen molar-refractivity contribution in [3.63, 3.8) is 0 Å². The Morgan fingerprint density at radius 2 is 2.31 bits per heavy atom. The van der Waals surface area contributed by atoms with Gasteiger partial charge in [-0.3, -0.25) is 0 Å². The van der Waals surface area contributed by atoms with Gasteiger partial charge in [0.05, 0.1) is 4.70 Å². The number of halogens is 2. The molecule has 0 N–H and O–H groups in total. The second kappa shape index (κ2) is 3.24. The van der Waals surface area contributed by atoms with Crippen LogP contribution < -0.4 is 0 Å². The SMILES string of the molecule is N#Cc1c(F)cc(I)c2ccsc12. The van der Waals surface area contributed by atoms with Gasteiger partial charge in [-0.05, 0) is 40.1 Å². The van der Waals surface area contributed by atoms with Crippen LogP contribution in [0.25, 0.3) is 10.1 Å². The Labute approximate surface area is 91.9 Å². The van der Waals surface area contributed by atoms with Gasteiger partial charge >= 0.3 is 0 Å². The number of thiophene rings is 1. The van der Waals surface area contributed by atoms with Crippen LogP contribution in [0.3, 0.4) is 0 Å². The number of hydrogen-bond donors (Lipinski definition) is 0. The summed E-state index contributed by atoms with van der Waals surface area (Å²) < 4.78 is 14.8. The number of nitrogens with zero attached hydrogens (tertiary/aromatic N) is 1. The molecule has 1 nitrogen and oxygen atoms in total. The maximum atomic E-state index is 13.2. The van der Waals surface area contributed by atoms with Crippen molar-refractivity contribution in [1.29, 1.82) is 5.26 Å². The van der Waals surface area contributed by atoms with E-state index in [9.17, 15) is 4.39 Å². The molecular formula is C9H3FINS. The fourth-order valence-electron chi connectivity index (χ4n) is 1.16. The van der Waals surface area contributed by atoms with Gasteiger partial charge in [-0.2, -0.15) is 5.26 Å². The van der Waals surface area contributed by atoms with Crippen molar-refractivity contribution in [2.45, 2.75) is 0 Å². The van der Waals surface area contributed by atoms with E-state index in [2.05, 4.69) is 22.6 Å². The van der Waals surface area contributed by atoms with E-state index in [1.165, 1.54) is 17.4 Å². The van der Waals surface area contributed by atoms with E-state index in [0.717, 1.165) is 13.7 Å². The van der Waals surface area contributed by atoms with E-state index in [0.29, 0.717) is 0 Å². The quantitative estimate of drug-likeness (QED) is 0.683. The molecule has 64 valence electrons. The van der Waals surface area contributed by atoms with Crippen LogP contribution in [0.2, 0.25) is 0 Å². The number of benzene rings is 1. The molecule has 2 aromatic rings. The molecule has 2 rings (SSSR count). The van der Waals surface area contributed by atoms with Crippen LogP contribution in [-0.4, -0.2) is 0 Å². The van der Waals surface area contributed by atoms with Crippen molar-refractivity contribution in [1.82, 2.24) is 0 Å². The molecule has 0 aliphatic carbocycles. The topological polar surface area (TPSA) is 23.8 Å². The van der Waals surface area contributed by atoms with Gasteiger partial charge in [0.2, 0.25) is 0 Å². The van der Waals surface area contributed by atoms with Crippen LogP contribution in [-0.2, 0) is 0 Å². The van der Waals surface area contributed by atoms with E-state index in [-0.39, 0.29) is 5.56 Å². The van der Waals surface area contributed by atoms with Crippen LogP contribution in [0.4, 0.5) is 4.39 Å². The first kappa shape index (κ1) is 8.91. The molecule has 4 heteroatoms. The number of nitriles is 1. The average molecular weight is 303 g/mol. The van der Waals surface area contributed by atoms with Crippen LogP contribution >= 0.6 is 33.9 Å². The van der Waals surface area contributed by atoms with E-state index in [1.54, 1.807) is 0 Å². The maximum Gasteiger partial charge on any atom is 0.143 e. The second-order valence-corrected chi connectivity index (χ2v) is 4.57. The molecule has 0 saturated heterocycles. The van der Waals surface area contributed by atoms with E-state index in [4.69, 9.17) is 5.26 Å². The lowest BCUT2D eigenvalue weighted by molar-refractivity contribution is 0.625. The second-order valence-electron chi connectivity index (χ2n) is 2.49. The first-order chi connectivity index (χ1) is 6.24.